The number of carbonyl (C=O) groups excluding carboxylic acids is 2. The molecular weight excluding hydrogens is 238 g/mol. The molecule has 2 fully saturated rings. The SMILES string of the molecule is Cc1ccc(CN2C(=O)CC3(CCCC3)C2=O)cc1. The van der Waals surface area contributed by atoms with E-state index in [9.17, 15) is 9.59 Å². The fourth-order valence-electron chi connectivity index (χ4n) is 3.34. The molecule has 1 aliphatic heterocycles. The first-order valence-electron chi connectivity index (χ1n) is 7.01. The van der Waals surface area contributed by atoms with Crippen molar-refractivity contribution in [2.75, 3.05) is 0 Å². The van der Waals surface area contributed by atoms with Crippen LogP contribution in [-0.2, 0) is 16.1 Å². The van der Waals surface area contributed by atoms with Crippen molar-refractivity contribution in [1.29, 1.82) is 0 Å². The van der Waals surface area contributed by atoms with Gasteiger partial charge in [-0.15, -0.1) is 0 Å². The molecule has 0 atom stereocenters. The molecule has 1 saturated heterocycles. The molecule has 3 rings (SSSR count). The van der Waals surface area contributed by atoms with Crippen LogP contribution in [0.2, 0.25) is 0 Å². The lowest BCUT2D eigenvalue weighted by molar-refractivity contribution is -0.142. The zero-order valence-corrected chi connectivity index (χ0v) is 11.3. The summed E-state index contributed by atoms with van der Waals surface area (Å²) in [6.07, 6.45) is 4.37. The molecule has 2 aliphatic rings. The normalized spacial score (nSPS) is 21.6. The fraction of sp³-hybridized carbons (Fsp3) is 0.500. The van der Waals surface area contributed by atoms with Crippen molar-refractivity contribution >= 4 is 11.8 Å². The smallest absolute Gasteiger partial charge is 0.236 e. The van der Waals surface area contributed by atoms with Crippen LogP contribution in [0.1, 0.15) is 43.2 Å². The molecule has 19 heavy (non-hydrogen) atoms. The summed E-state index contributed by atoms with van der Waals surface area (Å²) in [6.45, 7) is 2.46. The van der Waals surface area contributed by atoms with Gasteiger partial charge in [0.2, 0.25) is 11.8 Å². The predicted octanol–water partition coefficient (Wildman–Crippen LogP) is 2.81. The molecule has 0 unspecified atom stereocenters. The maximum Gasteiger partial charge on any atom is 0.236 e. The molecule has 0 N–H and O–H groups in total. The Morgan fingerprint density at radius 2 is 1.74 bits per heavy atom. The lowest BCUT2D eigenvalue weighted by atomic mass is 9.84. The highest BCUT2D eigenvalue weighted by molar-refractivity contribution is 6.05. The highest BCUT2D eigenvalue weighted by atomic mass is 16.2. The minimum Gasteiger partial charge on any atom is -0.278 e. The molecule has 1 aromatic rings. The van der Waals surface area contributed by atoms with E-state index in [0.29, 0.717) is 13.0 Å². The van der Waals surface area contributed by atoms with Gasteiger partial charge in [-0.2, -0.15) is 0 Å². The van der Waals surface area contributed by atoms with E-state index in [4.69, 9.17) is 0 Å². The van der Waals surface area contributed by atoms with E-state index >= 15 is 0 Å². The van der Waals surface area contributed by atoms with Crippen LogP contribution in [0.15, 0.2) is 24.3 Å². The van der Waals surface area contributed by atoms with Crippen LogP contribution in [0.4, 0.5) is 0 Å². The van der Waals surface area contributed by atoms with E-state index in [2.05, 4.69) is 0 Å². The van der Waals surface area contributed by atoms with Crippen LogP contribution in [0.3, 0.4) is 0 Å². The number of hydrogen-bond donors (Lipinski definition) is 0. The van der Waals surface area contributed by atoms with E-state index in [-0.39, 0.29) is 17.2 Å². The van der Waals surface area contributed by atoms with Crippen LogP contribution < -0.4 is 0 Å². The average Bonchev–Trinajstić information content (AvgIpc) is 2.94. The van der Waals surface area contributed by atoms with Crippen LogP contribution >= 0.6 is 0 Å². The van der Waals surface area contributed by atoms with Crippen LogP contribution in [0, 0.1) is 12.3 Å². The number of rotatable bonds is 2. The van der Waals surface area contributed by atoms with Gasteiger partial charge >= 0.3 is 0 Å². The molecule has 1 aliphatic carbocycles. The molecule has 0 aromatic heterocycles. The summed E-state index contributed by atoms with van der Waals surface area (Å²) in [5.74, 6) is 0.0723. The zero-order chi connectivity index (χ0) is 13.5. The number of aryl methyl sites for hydroxylation is 1. The standard InChI is InChI=1S/C16H19NO2/c1-12-4-6-13(7-5-12)11-17-14(18)10-16(15(17)19)8-2-3-9-16/h4-7H,2-3,8-11H2,1H3. The Morgan fingerprint density at radius 1 is 1.11 bits per heavy atom. The first kappa shape index (κ1) is 12.4. The van der Waals surface area contributed by atoms with Gasteiger partial charge in [0.25, 0.3) is 0 Å². The van der Waals surface area contributed by atoms with Gasteiger partial charge in [0, 0.05) is 6.42 Å². The molecule has 0 radical (unpaired) electrons. The first-order valence-corrected chi connectivity index (χ1v) is 7.01. The molecular formula is C16H19NO2. The summed E-state index contributed by atoms with van der Waals surface area (Å²) < 4.78 is 0. The van der Waals surface area contributed by atoms with E-state index in [1.807, 2.05) is 31.2 Å². The average molecular weight is 257 g/mol. The topological polar surface area (TPSA) is 37.4 Å². The monoisotopic (exact) mass is 257 g/mol. The van der Waals surface area contributed by atoms with E-state index in [1.54, 1.807) is 0 Å². The molecule has 1 saturated carbocycles. The molecule has 1 spiro atoms. The number of hydrogen-bond acceptors (Lipinski definition) is 2. The Balaban J connectivity index is 1.79. The van der Waals surface area contributed by atoms with Crippen molar-refractivity contribution in [3.63, 3.8) is 0 Å². The number of amides is 2. The Bertz CT molecular complexity index is 512. The van der Waals surface area contributed by atoms with Crippen LogP contribution in [-0.4, -0.2) is 16.7 Å². The highest BCUT2D eigenvalue weighted by Crippen LogP contribution is 2.47. The zero-order valence-electron chi connectivity index (χ0n) is 11.3. The quantitative estimate of drug-likeness (QED) is 0.764. The third-order valence-corrected chi connectivity index (χ3v) is 4.51. The third kappa shape index (κ3) is 2.07. The second kappa shape index (κ2) is 4.48. The van der Waals surface area contributed by atoms with Gasteiger partial charge in [-0.3, -0.25) is 14.5 Å². The fourth-order valence-corrected chi connectivity index (χ4v) is 3.34. The summed E-state index contributed by atoms with van der Waals surface area (Å²) in [6, 6.07) is 8.03. The Kier molecular flexibility index (Phi) is 2.92. The van der Waals surface area contributed by atoms with Gasteiger partial charge in [0.1, 0.15) is 0 Å². The third-order valence-electron chi connectivity index (χ3n) is 4.51. The van der Waals surface area contributed by atoms with Crippen molar-refractivity contribution in [1.82, 2.24) is 4.90 Å². The van der Waals surface area contributed by atoms with Crippen LogP contribution in [0.25, 0.3) is 0 Å². The van der Waals surface area contributed by atoms with Crippen molar-refractivity contribution in [2.45, 2.75) is 45.6 Å². The Labute approximate surface area is 113 Å². The maximum absolute atomic E-state index is 12.5. The van der Waals surface area contributed by atoms with Gasteiger partial charge in [0.05, 0.1) is 12.0 Å². The molecule has 1 aromatic carbocycles. The number of nitrogens with zero attached hydrogens (tertiary/aromatic N) is 1. The largest absolute Gasteiger partial charge is 0.278 e. The van der Waals surface area contributed by atoms with Crippen LogP contribution in [0.5, 0.6) is 0 Å². The Morgan fingerprint density at radius 3 is 2.37 bits per heavy atom. The number of carbonyl (C=O) groups is 2. The van der Waals surface area contributed by atoms with Gasteiger partial charge in [-0.25, -0.2) is 0 Å². The predicted molar refractivity (Wildman–Crippen MR) is 72.3 cm³/mol. The molecule has 3 nitrogen and oxygen atoms in total. The number of imide groups is 1. The number of likely N-dealkylation sites (tertiary alicyclic amines) is 1. The first-order chi connectivity index (χ1) is 9.11. The molecule has 0 bridgehead atoms. The second-order valence-corrected chi connectivity index (χ2v) is 5.93. The van der Waals surface area contributed by atoms with E-state index < -0.39 is 0 Å². The molecule has 100 valence electrons. The van der Waals surface area contributed by atoms with Crippen molar-refractivity contribution in [3.05, 3.63) is 35.4 Å². The van der Waals surface area contributed by atoms with Crippen molar-refractivity contribution < 1.29 is 9.59 Å². The van der Waals surface area contributed by atoms with Gasteiger partial charge in [0.15, 0.2) is 0 Å². The second-order valence-electron chi connectivity index (χ2n) is 5.93. The minimum absolute atomic E-state index is 0.00692. The summed E-state index contributed by atoms with van der Waals surface area (Å²) in [7, 11) is 0. The highest BCUT2D eigenvalue weighted by Gasteiger charge is 2.52. The van der Waals surface area contributed by atoms with Crippen molar-refractivity contribution in [2.24, 2.45) is 5.41 Å². The van der Waals surface area contributed by atoms with Gasteiger partial charge < -0.3 is 0 Å². The molecule has 3 heteroatoms. The van der Waals surface area contributed by atoms with Crippen molar-refractivity contribution in [3.8, 4) is 0 Å². The Hall–Kier alpha value is -1.64. The lowest BCUT2D eigenvalue weighted by Crippen LogP contribution is -2.33. The van der Waals surface area contributed by atoms with E-state index in [1.165, 1.54) is 10.5 Å². The minimum atomic E-state index is -0.345. The van der Waals surface area contributed by atoms with E-state index in [0.717, 1.165) is 31.2 Å². The summed E-state index contributed by atoms with van der Waals surface area (Å²) in [5.41, 5.74) is 1.87. The molecule has 2 amide bonds. The molecule has 1 heterocycles. The summed E-state index contributed by atoms with van der Waals surface area (Å²) in [5, 5.41) is 0. The summed E-state index contributed by atoms with van der Waals surface area (Å²) >= 11 is 0. The van der Waals surface area contributed by atoms with Gasteiger partial charge in [-0.1, -0.05) is 42.7 Å². The summed E-state index contributed by atoms with van der Waals surface area (Å²) in [4.78, 5) is 26.1. The van der Waals surface area contributed by atoms with Gasteiger partial charge in [-0.05, 0) is 25.3 Å². The number of benzene rings is 1. The maximum atomic E-state index is 12.5. The lowest BCUT2D eigenvalue weighted by Gasteiger charge is -2.21.